The Balaban J connectivity index is 1.55. The Labute approximate surface area is 201 Å². The summed E-state index contributed by atoms with van der Waals surface area (Å²) < 4.78 is 8.93. The molecule has 5 rings (SSSR count). The number of para-hydroxylation sites is 2. The average molecular weight is 472 g/mol. The van der Waals surface area contributed by atoms with E-state index in [-0.39, 0.29) is 5.91 Å². The number of amides is 1. The number of fused-ring (bicyclic) bond motifs is 1. The number of benzene rings is 3. The van der Waals surface area contributed by atoms with Gasteiger partial charge in [0.05, 0.1) is 30.4 Å². The number of hydrogen-bond acceptors (Lipinski definition) is 4. The number of halogens is 1. The van der Waals surface area contributed by atoms with E-state index in [1.807, 2.05) is 61.5 Å². The van der Waals surface area contributed by atoms with Crippen LogP contribution in [0.25, 0.3) is 17.0 Å². The van der Waals surface area contributed by atoms with Crippen LogP contribution in [0.3, 0.4) is 0 Å². The van der Waals surface area contributed by atoms with Crippen LogP contribution in [0.2, 0.25) is 5.02 Å². The summed E-state index contributed by atoms with van der Waals surface area (Å²) in [5.41, 5.74) is 4.15. The van der Waals surface area contributed by atoms with Gasteiger partial charge in [0.15, 0.2) is 0 Å². The van der Waals surface area contributed by atoms with Crippen LogP contribution < -0.4 is 10.1 Å². The highest BCUT2D eigenvalue weighted by Crippen LogP contribution is 2.25. The van der Waals surface area contributed by atoms with Gasteiger partial charge >= 0.3 is 0 Å². The van der Waals surface area contributed by atoms with Crippen molar-refractivity contribution >= 4 is 34.4 Å². The summed E-state index contributed by atoms with van der Waals surface area (Å²) in [4.78, 5) is 17.8. The molecule has 0 saturated carbocycles. The number of carbonyl (C=O) groups excluding carboxylic acids is 1. The molecule has 34 heavy (non-hydrogen) atoms. The van der Waals surface area contributed by atoms with Gasteiger partial charge in [-0.3, -0.25) is 4.79 Å². The van der Waals surface area contributed by atoms with Crippen molar-refractivity contribution in [3.05, 3.63) is 101 Å². The molecule has 0 saturated heterocycles. The zero-order chi connectivity index (χ0) is 23.7. The lowest BCUT2D eigenvalue weighted by atomic mass is 10.2. The Morgan fingerprint density at radius 3 is 2.50 bits per heavy atom. The van der Waals surface area contributed by atoms with Gasteiger partial charge in [0, 0.05) is 16.7 Å². The van der Waals surface area contributed by atoms with Crippen LogP contribution in [0.15, 0.2) is 78.9 Å². The number of nitrogens with zero attached hydrogens (tertiary/aromatic N) is 4. The molecule has 2 aromatic heterocycles. The standard InChI is InChI=1S/C26H22ClN5O2/c1-17-15-24(29-25(33)19-9-13-21(34-2)14-10-19)32(30-17)26-28-22-5-3-4-6-23(22)31(26)16-18-7-11-20(27)12-8-18/h3-15H,16H2,1-2H3,(H,29,33). The van der Waals surface area contributed by atoms with E-state index in [1.54, 1.807) is 36.1 Å². The van der Waals surface area contributed by atoms with Gasteiger partial charge in [-0.05, 0) is 61.0 Å². The van der Waals surface area contributed by atoms with Gasteiger partial charge in [0.25, 0.3) is 5.91 Å². The predicted molar refractivity (Wildman–Crippen MR) is 133 cm³/mol. The molecule has 0 bridgehead atoms. The van der Waals surface area contributed by atoms with Gasteiger partial charge in [0.1, 0.15) is 11.6 Å². The van der Waals surface area contributed by atoms with Crippen LogP contribution in [0.4, 0.5) is 5.82 Å². The normalized spacial score (nSPS) is 11.0. The van der Waals surface area contributed by atoms with Crippen LogP contribution in [-0.4, -0.2) is 32.3 Å². The molecule has 0 aliphatic carbocycles. The number of rotatable bonds is 6. The van der Waals surface area contributed by atoms with E-state index in [9.17, 15) is 4.79 Å². The SMILES string of the molecule is COc1ccc(C(=O)Nc2cc(C)nn2-c2nc3ccccc3n2Cc2ccc(Cl)cc2)cc1. The van der Waals surface area contributed by atoms with E-state index in [1.165, 1.54) is 0 Å². The van der Waals surface area contributed by atoms with Crippen LogP contribution >= 0.6 is 11.6 Å². The third-order valence-corrected chi connectivity index (χ3v) is 5.76. The molecule has 0 atom stereocenters. The molecule has 0 aliphatic heterocycles. The number of ether oxygens (including phenoxy) is 1. The van der Waals surface area contributed by atoms with Crippen LogP contribution in [-0.2, 0) is 6.54 Å². The first-order chi connectivity index (χ1) is 16.5. The van der Waals surface area contributed by atoms with Crippen molar-refractivity contribution in [3.8, 4) is 11.7 Å². The second kappa shape index (κ2) is 9.03. The maximum absolute atomic E-state index is 13.0. The highest BCUT2D eigenvalue weighted by molar-refractivity contribution is 6.30. The first-order valence-electron chi connectivity index (χ1n) is 10.7. The van der Waals surface area contributed by atoms with Gasteiger partial charge in [0.2, 0.25) is 5.95 Å². The van der Waals surface area contributed by atoms with Gasteiger partial charge in [-0.25, -0.2) is 4.98 Å². The summed E-state index contributed by atoms with van der Waals surface area (Å²) in [7, 11) is 1.59. The minimum atomic E-state index is -0.246. The smallest absolute Gasteiger partial charge is 0.256 e. The minimum absolute atomic E-state index is 0.246. The van der Waals surface area contributed by atoms with E-state index in [0.29, 0.717) is 34.6 Å². The van der Waals surface area contributed by atoms with Crippen LogP contribution in [0, 0.1) is 6.92 Å². The summed E-state index contributed by atoms with van der Waals surface area (Å²) in [6, 6.07) is 24.4. The molecule has 8 heteroatoms. The van der Waals surface area contributed by atoms with E-state index in [0.717, 1.165) is 22.3 Å². The van der Waals surface area contributed by atoms with Crippen molar-refractivity contribution in [2.75, 3.05) is 12.4 Å². The lowest BCUT2D eigenvalue weighted by Gasteiger charge is -2.12. The monoisotopic (exact) mass is 471 g/mol. The Kier molecular flexibility index (Phi) is 5.77. The minimum Gasteiger partial charge on any atom is -0.497 e. The number of anilines is 1. The topological polar surface area (TPSA) is 74.0 Å². The molecular weight excluding hydrogens is 450 g/mol. The number of nitrogens with one attached hydrogen (secondary N) is 1. The Morgan fingerprint density at radius 2 is 1.76 bits per heavy atom. The summed E-state index contributed by atoms with van der Waals surface area (Å²) in [5.74, 6) is 1.58. The lowest BCUT2D eigenvalue weighted by molar-refractivity contribution is 0.102. The van der Waals surface area contributed by atoms with Gasteiger partial charge in [-0.2, -0.15) is 9.78 Å². The van der Waals surface area contributed by atoms with Crippen LogP contribution in [0.1, 0.15) is 21.6 Å². The molecule has 170 valence electrons. The molecule has 1 N–H and O–H groups in total. The second-order valence-electron chi connectivity index (χ2n) is 7.88. The molecule has 0 radical (unpaired) electrons. The number of carbonyl (C=O) groups is 1. The number of imidazole rings is 1. The first-order valence-corrected chi connectivity index (χ1v) is 11.1. The quantitative estimate of drug-likeness (QED) is 0.355. The first kappa shape index (κ1) is 21.7. The van der Waals surface area contributed by atoms with Crippen molar-refractivity contribution in [2.24, 2.45) is 0 Å². The van der Waals surface area contributed by atoms with Crippen molar-refractivity contribution < 1.29 is 9.53 Å². The predicted octanol–water partition coefficient (Wildman–Crippen LogP) is 5.49. The number of aryl methyl sites for hydroxylation is 1. The largest absolute Gasteiger partial charge is 0.497 e. The highest BCUT2D eigenvalue weighted by Gasteiger charge is 2.19. The van der Waals surface area contributed by atoms with Crippen molar-refractivity contribution in [1.29, 1.82) is 0 Å². The lowest BCUT2D eigenvalue weighted by Crippen LogP contribution is -2.17. The van der Waals surface area contributed by atoms with Crippen molar-refractivity contribution in [2.45, 2.75) is 13.5 Å². The fourth-order valence-electron chi connectivity index (χ4n) is 3.82. The summed E-state index contributed by atoms with van der Waals surface area (Å²) in [5, 5.41) is 8.31. The maximum Gasteiger partial charge on any atom is 0.256 e. The fraction of sp³-hybridized carbons (Fsp3) is 0.115. The summed E-state index contributed by atoms with van der Waals surface area (Å²) in [6.45, 7) is 2.45. The Hall–Kier alpha value is -4.10. The third-order valence-electron chi connectivity index (χ3n) is 5.50. The van der Waals surface area contributed by atoms with E-state index < -0.39 is 0 Å². The third kappa shape index (κ3) is 4.25. The molecule has 5 aromatic rings. The average Bonchev–Trinajstić information content (AvgIpc) is 3.40. The van der Waals surface area contributed by atoms with Gasteiger partial charge < -0.3 is 14.6 Å². The highest BCUT2D eigenvalue weighted by atomic mass is 35.5. The fourth-order valence-corrected chi connectivity index (χ4v) is 3.95. The van der Waals surface area contributed by atoms with Gasteiger partial charge in [-0.15, -0.1) is 0 Å². The maximum atomic E-state index is 13.0. The van der Waals surface area contributed by atoms with Gasteiger partial charge in [-0.1, -0.05) is 35.9 Å². The zero-order valence-corrected chi connectivity index (χ0v) is 19.5. The molecule has 1 amide bonds. The molecular formula is C26H22ClN5O2. The molecule has 0 fully saturated rings. The van der Waals surface area contributed by atoms with E-state index in [4.69, 9.17) is 21.3 Å². The molecule has 0 unspecified atom stereocenters. The number of aromatic nitrogens is 4. The molecule has 0 aliphatic rings. The molecule has 2 heterocycles. The van der Waals surface area contributed by atoms with Crippen LogP contribution in [0.5, 0.6) is 5.75 Å². The van der Waals surface area contributed by atoms with E-state index in [2.05, 4.69) is 15.0 Å². The van der Waals surface area contributed by atoms with Crippen molar-refractivity contribution in [1.82, 2.24) is 19.3 Å². The molecule has 0 spiro atoms. The molecule has 3 aromatic carbocycles. The van der Waals surface area contributed by atoms with E-state index >= 15 is 0 Å². The Morgan fingerprint density at radius 1 is 1.03 bits per heavy atom. The number of methoxy groups -OCH3 is 1. The number of hydrogen-bond donors (Lipinski definition) is 1. The zero-order valence-electron chi connectivity index (χ0n) is 18.7. The summed E-state index contributed by atoms with van der Waals surface area (Å²) >= 11 is 6.07. The second-order valence-corrected chi connectivity index (χ2v) is 8.31. The Bertz CT molecular complexity index is 1470. The summed E-state index contributed by atoms with van der Waals surface area (Å²) in [6.07, 6.45) is 0. The van der Waals surface area contributed by atoms with Crippen molar-refractivity contribution in [3.63, 3.8) is 0 Å². The molecule has 7 nitrogen and oxygen atoms in total.